The van der Waals surface area contributed by atoms with E-state index in [1.807, 2.05) is 0 Å². The van der Waals surface area contributed by atoms with Crippen molar-refractivity contribution in [2.75, 3.05) is 0 Å². The number of nitro groups is 2. The molecule has 0 heterocycles. The minimum atomic E-state index is -1.000. The Morgan fingerprint density at radius 1 is 0.846 bits per heavy atom. The molecule has 0 saturated carbocycles. The standard InChI is InChI=1S/C18H32N2O6/c1-2-3-4-5-10-16(19(23)24)11-6-7-12-17(20(25)26)13-8-9-14-18(22)15-21/h6-7,15-18,22H,2-5,8-14H2,1H3/b7-6+. The predicted molar refractivity (Wildman–Crippen MR) is 99.2 cm³/mol. The molecule has 0 aliphatic heterocycles. The summed E-state index contributed by atoms with van der Waals surface area (Å²) in [6.45, 7) is 2.09. The fourth-order valence-electron chi connectivity index (χ4n) is 2.73. The topological polar surface area (TPSA) is 124 Å². The quantitative estimate of drug-likeness (QED) is 0.136. The molecule has 0 amide bonds. The Bertz CT molecular complexity index is 441. The second-order valence-corrected chi connectivity index (χ2v) is 6.66. The van der Waals surface area contributed by atoms with E-state index >= 15 is 0 Å². The highest BCUT2D eigenvalue weighted by molar-refractivity contribution is 5.55. The maximum Gasteiger partial charge on any atom is 0.216 e. The summed E-state index contributed by atoms with van der Waals surface area (Å²) in [6, 6.07) is -1.36. The fraction of sp³-hybridized carbons (Fsp3) is 0.833. The molecule has 150 valence electrons. The average Bonchev–Trinajstić information content (AvgIpc) is 2.60. The molecule has 0 aliphatic carbocycles. The van der Waals surface area contributed by atoms with Crippen LogP contribution in [-0.4, -0.2) is 39.4 Å². The Balaban J connectivity index is 4.20. The Labute approximate surface area is 155 Å². The van der Waals surface area contributed by atoms with Crippen LogP contribution in [0.2, 0.25) is 0 Å². The van der Waals surface area contributed by atoms with Gasteiger partial charge in [0.2, 0.25) is 12.1 Å². The number of aldehydes is 1. The van der Waals surface area contributed by atoms with Crippen LogP contribution >= 0.6 is 0 Å². The van der Waals surface area contributed by atoms with Crippen molar-refractivity contribution < 1.29 is 19.7 Å². The largest absolute Gasteiger partial charge is 0.386 e. The van der Waals surface area contributed by atoms with Crippen LogP contribution < -0.4 is 0 Å². The van der Waals surface area contributed by atoms with Crippen LogP contribution in [0.5, 0.6) is 0 Å². The van der Waals surface area contributed by atoms with Crippen molar-refractivity contribution in [1.82, 2.24) is 0 Å². The maximum absolute atomic E-state index is 11.1. The highest BCUT2D eigenvalue weighted by Crippen LogP contribution is 2.14. The Morgan fingerprint density at radius 2 is 1.31 bits per heavy atom. The molecule has 0 aliphatic rings. The predicted octanol–water partition coefficient (Wildman–Crippen LogP) is 3.70. The van der Waals surface area contributed by atoms with Crippen molar-refractivity contribution in [3.8, 4) is 0 Å². The van der Waals surface area contributed by atoms with E-state index in [0.29, 0.717) is 44.8 Å². The summed E-state index contributed by atoms with van der Waals surface area (Å²) in [6.07, 6.45) is 9.64. The molecule has 0 rings (SSSR count). The van der Waals surface area contributed by atoms with E-state index in [2.05, 4.69) is 6.92 Å². The second-order valence-electron chi connectivity index (χ2n) is 6.66. The smallest absolute Gasteiger partial charge is 0.216 e. The van der Waals surface area contributed by atoms with E-state index in [1.54, 1.807) is 12.2 Å². The number of hydrogen-bond donors (Lipinski definition) is 1. The summed E-state index contributed by atoms with van der Waals surface area (Å²) in [7, 11) is 0. The van der Waals surface area contributed by atoms with Crippen LogP contribution in [0, 0.1) is 20.2 Å². The first-order valence-electron chi connectivity index (χ1n) is 9.47. The van der Waals surface area contributed by atoms with Crippen LogP contribution in [0.3, 0.4) is 0 Å². The van der Waals surface area contributed by atoms with Gasteiger partial charge in [-0.3, -0.25) is 20.2 Å². The summed E-state index contributed by atoms with van der Waals surface area (Å²) in [5, 5.41) is 31.3. The molecule has 8 heteroatoms. The minimum absolute atomic E-state index is 0.240. The minimum Gasteiger partial charge on any atom is -0.386 e. The number of rotatable bonds is 17. The van der Waals surface area contributed by atoms with Gasteiger partial charge >= 0.3 is 0 Å². The third-order valence-electron chi connectivity index (χ3n) is 4.41. The van der Waals surface area contributed by atoms with Gasteiger partial charge in [0.05, 0.1) is 0 Å². The number of aliphatic hydroxyl groups is 1. The van der Waals surface area contributed by atoms with Crippen LogP contribution in [0.4, 0.5) is 0 Å². The Morgan fingerprint density at radius 3 is 1.73 bits per heavy atom. The van der Waals surface area contributed by atoms with Gasteiger partial charge in [0.15, 0.2) is 0 Å². The number of hydrogen-bond acceptors (Lipinski definition) is 6. The van der Waals surface area contributed by atoms with Crippen LogP contribution in [-0.2, 0) is 4.79 Å². The van der Waals surface area contributed by atoms with Crippen LogP contribution in [0.15, 0.2) is 12.2 Å². The lowest BCUT2D eigenvalue weighted by atomic mass is 10.0. The Hall–Kier alpha value is -1.83. The highest BCUT2D eigenvalue weighted by atomic mass is 16.6. The van der Waals surface area contributed by atoms with E-state index in [1.165, 1.54) is 0 Å². The number of carbonyl (C=O) groups excluding carboxylic acids is 1. The van der Waals surface area contributed by atoms with E-state index in [0.717, 1.165) is 25.7 Å². The number of carbonyl (C=O) groups is 1. The molecule has 0 radical (unpaired) electrons. The zero-order valence-electron chi connectivity index (χ0n) is 15.6. The van der Waals surface area contributed by atoms with Crippen molar-refractivity contribution in [1.29, 1.82) is 0 Å². The number of aliphatic hydroxyl groups excluding tert-OH is 1. The van der Waals surface area contributed by atoms with Crippen LogP contribution in [0.1, 0.15) is 77.6 Å². The maximum atomic E-state index is 11.1. The van der Waals surface area contributed by atoms with E-state index in [4.69, 9.17) is 5.11 Å². The summed E-state index contributed by atoms with van der Waals surface area (Å²) in [5.74, 6) is 0. The van der Waals surface area contributed by atoms with Crippen molar-refractivity contribution in [3.05, 3.63) is 32.4 Å². The van der Waals surface area contributed by atoms with Gasteiger partial charge in [-0.25, -0.2) is 0 Å². The first-order chi connectivity index (χ1) is 12.4. The zero-order chi connectivity index (χ0) is 19.8. The normalized spacial score (nSPS) is 14.8. The van der Waals surface area contributed by atoms with Gasteiger partial charge < -0.3 is 9.90 Å². The lowest BCUT2D eigenvalue weighted by Gasteiger charge is -2.08. The van der Waals surface area contributed by atoms with Gasteiger partial charge in [-0.05, 0) is 19.3 Å². The lowest BCUT2D eigenvalue weighted by molar-refractivity contribution is -0.523. The molecule has 3 atom stereocenters. The molecular formula is C18H32N2O6. The third-order valence-corrected chi connectivity index (χ3v) is 4.41. The van der Waals surface area contributed by atoms with E-state index in [-0.39, 0.29) is 16.3 Å². The number of nitrogens with zero attached hydrogens (tertiary/aromatic N) is 2. The zero-order valence-corrected chi connectivity index (χ0v) is 15.6. The van der Waals surface area contributed by atoms with Crippen molar-refractivity contribution in [2.24, 2.45) is 0 Å². The van der Waals surface area contributed by atoms with Gasteiger partial charge in [0, 0.05) is 35.5 Å². The SMILES string of the molecule is CCCCCCC(C/C=C/CC(CCCCC(O)C=O)[N+](=O)[O-])[N+](=O)[O-]. The monoisotopic (exact) mass is 372 g/mol. The van der Waals surface area contributed by atoms with Crippen molar-refractivity contribution in [2.45, 2.75) is 95.7 Å². The van der Waals surface area contributed by atoms with Crippen LogP contribution in [0.25, 0.3) is 0 Å². The lowest BCUT2D eigenvalue weighted by Crippen LogP contribution is -2.19. The highest BCUT2D eigenvalue weighted by Gasteiger charge is 2.19. The summed E-state index contributed by atoms with van der Waals surface area (Å²) >= 11 is 0. The van der Waals surface area contributed by atoms with Gasteiger partial charge in [0.1, 0.15) is 12.4 Å². The molecule has 0 aromatic heterocycles. The van der Waals surface area contributed by atoms with Gasteiger partial charge in [0.25, 0.3) is 0 Å². The third kappa shape index (κ3) is 12.5. The molecular weight excluding hydrogens is 340 g/mol. The molecule has 8 nitrogen and oxygen atoms in total. The molecule has 0 aromatic rings. The fourth-order valence-corrected chi connectivity index (χ4v) is 2.73. The van der Waals surface area contributed by atoms with Gasteiger partial charge in [-0.1, -0.05) is 44.8 Å². The first kappa shape index (κ1) is 24.2. The molecule has 0 saturated heterocycles. The molecule has 0 aromatic carbocycles. The molecule has 26 heavy (non-hydrogen) atoms. The summed E-state index contributed by atoms with van der Waals surface area (Å²) < 4.78 is 0. The Kier molecular flexibility index (Phi) is 14.3. The van der Waals surface area contributed by atoms with Crippen molar-refractivity contribution in [3.63, 3.8) is 0 Å². The molecule has 0 spiro atoms. The second kappa shape index (κ2) is 15.4. The molecule has 0 bridgehead atoms. The number of unbranched alkanes of at least 4 members (excludes halogenated alkanes) is 4. The van der Waals surface area contributed by atoms with Gasteiger partial charge in [-0.15, -0.1) is 0 Å². The summed E-state index contributed by atoms with van der Waals surface area (Å²) in [4.78, 5) is 31.9. The van der Waals surface area contributed by atoms with E-state index < -0.39 is 18.2 Å². The van der Waals surface area contributed by atoms with Gasteiger partial charge in [-0.2, -0.15) is 0 Å². The average molecular weight is 372 g/mol. The molecule has 3 unspecified atom stereocenters. The summed E-state index contributed by atoms with van der Waals surface area (Å²) in [5.41, 5.74) is 0. The first-order valence-corrected chi connectivity index (χ1v) is 9.47. The van der Waals surface area contributed by atoms with Crippen molar-refractivity contribution >= 4 is 6.29 Å². The molecule has 0 fully saturated rings. The molecule has 1 N–H and O–H groups in total. The van der Waals surface area contributed by atoms with E-state index in [9.17, 15) is 25.0 Å².